The third-order valence-corrected chi connectivity index (χ3v) is 2.59. The van der Waals surface area contributed by atoms with Gasteiger partial charge in [-0.3, -0.25) is 0 Å². The first-order chi connectivity index (χ1) is 7.59. The van der Waals surface area contributed by atoms with Gasteiger partial charge in [0.1, 0.15) is 12.1 Å². The Hall–Kier alpha value is -1.71. The van der Waals surface area contributed by atoms with Gasteiger partial charge in [-0.2, -0.15) is 5.10 Å². The van der Waals surface area contributed by atoms with Gasteiger partial charge in [-0.05, 0) is 29.7 Å². The molecule has 0 radical (unpaired) electrons. The first-order valence-electron chi connectivity index (χ1n) is 5.23. The van der Waals surface area contributed by atoms with Gasteiger partial charge in [-0.15, -0.1) is 0 Å². The van der Waals surface area contributed by atoms with E-state index in [9.17, 15) is 4.39 Å². The lowest BCUT2D eigenvalue weighted by Crippen LogP contribution is -2.00. The molecule has 1 aromatic carbocycles. The van der Waals surface area contributed by atoms with E-state index >= 15 is 0 Å². The van der Waals surface area contributed by atoms with Crippen LogP contribution in [-0.4, -0.2) is 14.8 Å². The van der Waals surface area contributed by atoms with Gasteiger partial charge in [0, 0.05) is 12.6 Å². The Balaban J connectivity index is 2.61. The van der Waals surface area contributed by atoms with Crippen molar-refractivity contribution >= 4 is 0 Å². The van der Waals surface area contributed by atoms with E-state index in [0.717, 1.165) is 17.0 Å². The van der Waals surface area contributed by atoms with Crippen molar-refractivity contribution in [2.75, 3.05) is 0 Å². The molecule has 0 aliphatic carbocycles. The maximum absolute atomic E-state index is 13.2. The second kappa shape index (κ2) is 4.04. The van der Waals surface area contributed by atoms with E-state index in [0.29, 0.717) is 0 Å². The predicted octanol–water partition coefficient (Wildman–Crippen LogP) is 2.74. The molecule has 0 fully saturated rings. The quantitative estimate of drug-likeness (QED) is 0.777. The van der Waals surface area contributed by atoms with Gasteiger partial charge in [0.2, 0.25) is 0 Å². The van der Waals surface area contributed by atoms with Gasteiger partial charge in [0.05, 0.1) is 0 Å². The molecule has 0 aliphatic heterocycles. The van der Waals surface area contributed by atoms with Crippen LogP contribution in [0, 0.1) is 5.82 Å². The molecule has 1 heterocycles. The second-order valence-corrected chi connectivity index (χ2v) is 4.09. The summed E-state index contributed by atoms with van der Waals surface area (Å²) in [6.45, 7) is 4.07. The molecule has 0 saturated carbocycles. The van der Waals surface area contributed by atoms with E-state index in [4.69, 9.17) is 0 Å². The summed E-state index contributed by atoms with van der Waals surface area (Å²) in [5, 5.41) is 4.03. The van der Waals surface area contributed by atoms with Crippen LogP contribution in [0.2, 0.25) is 0 Å². The van der Waals surface area contributed by atoms with Crippen molar-refractivity contribution < 1.29 is 4.39 Å². The van der Waals surface area contributed by atoms with Crippen LogP contribution < -0.4 is 0 Å². The van der Waals surface area contributed by atoms with Crippen LogP contribution in [-0.2, 0) is 7.05 Å². The van der Waals surface area contributed by atoms with Gasteiger partial charge >= 0.3 is 0 Å². The summed E-state index contributed by atoms with van der Waals surface area (Å²) in [4.78, 5) is 4.19. The monoisotopic (exact) mass is 219 g/mol. The number of aromatic nitrogens is 3. The fraction of sp³-hybridized carbons (Fsp3) is 0.333. The van der Waals surface area contributed by atoms with Gasteiger partial charge in [0.15, 0.2) is 5.82 Å². The largest absolute Gasteiger partial charge is 0.249 e. The average Bonchev–Trinajstić information content (AvgIpc) is 2.64. The van der Waals surface area contributed by atoms with Crippen molar-refractivity contribution in [1.29, 1.82) is 0 Å². The van der Waals surface area contributed by atoms with Crippen molar-refractivity contribution in [3.63, 3.8) is 0 Å². The molecule has 0 amide bonds. The fourth-order valence-corrected chi connectivity index (χ4v) is 1.75. The molecule has 3 nitrogen and oxygen atoms in total. The number of halogens is 1. The van der Waals surface area contributed by atoms with Crippen LogP contribution in [0.4, 0.5) is 4.39 Å². The molecule has 16 heavy (non-hydrogen) atoms. The number of benzene rings is 1. The molecule has 0 bridgehead atoms. The minimum atomic E-state index is -0.213. The number of nitrogens with zero attached hydrogens (tertiary/aromatic N) is 3. The number of rotatable bonds is 2. The molecular formula is C12H14FN3. The van der Waals surface area contributed by atoms with Crippen LogP contribution in [0.1, 0.15) is 25.3 Å². The zero-order valence-corrected chi connectivity index (χ0v) is 9.61. The molecule has 0 N–H and O–H groups in total. The van der Waals surface area contributed by atoms with E-state index in [2.05, 4.69) is 10.1 Å². The van der Waals surface area contributed by atoms with Crippen LogP contribution in [0.3, 0.4) is 0 Å². The molecular weight excluding hydrogens is 205 g/mol. The molecule has 0 spiro atoms. The van der Waals surface area contributed by atoms with Crippen molar-refractivity contribution in [2.45, 2.75) is 19.8 Å². The zero-order valence-electron chi connectivity index (χ0n) is 9.61. The summed E-state index contributed by atoms with van der Waals surface area (Å²) >= 11 is 0. The highest BCUT2D eigenvalue weighted by Gasteiger charge is 2.13. The smallest absolute Gasteiger partial charge is 0.158 e. The Bertz CT molecular complexity index is 503. The standard InChI is InChI=1S/C12H14FN3/c1-8(2)11-6-9(13)4-5-10(11)12-14-7-15-16(12)3/h4-8H,1-3H3. The molecule has 1 aromatic heterocycles. The van der Waals surface area contributed by atoms with E-state index < -0.39 is 0 Å². The third kappa shape index (κ3) is 1.83. The minimum absolute atomic E-state index is 0.213. The van der Waals surface area contributed by atoms with Crippen molar-refractivity contribution in [3.8, 4) is 11.4 Å². The second-order valence-electron chi connectivity index (χ2n) is 4.09. The zero-order chi connectivity index (χ0) is 11.7. The van der Waals surface area contributed by atoms with Gasteiger partial charge in [-0.25, -0.2) is 14.1 Å². The molecule has 84 valence electrons. The van der Waals surface area contributed by atoms with Crippen LogP contribution in [0.25, 0.3) is 11.4 Å². The van der Waals surface area contributed by atoms with E-state index in [-0.39, 0.29) is 11.7 Å². The molecule has 0 atom stereocenters. The lowest BCUT2D eigenvalue weighted by atomic mass is 9.96. The Morgan fingerprint density at radius 2 is 2.06 bits per heavy atom. The molecule has 0 unspecified atom stereocenters. The summed E-state index contributed by atoms with van der Waals surface area (Å²) < 4.78 is 14.9. The SMILES string of the molecule is CC(C)c1cc(F)ccc1-c1ncnn1C. The maximum atomic E-state index is 13.2. The minimum Gasteiger partial charge on any atom is -0.249 e. The maximum Gasteiger partial charge on any atom is 0.158 e. The Kier molecular flexibility index (Phi) is 2.73. The normalized spacial score (nSPS) is 11.1. The number of hydrogen-bond acceptors (Lipinski definition) is 2. The highest BCUT2D eigenvalue weighted by atomic mass is 19.1. The lowest BCUT2D eigenvalue weighted by molar-refractivity contribution is 0.623. The molecule has 4 heteroatoms. The first kappa shape index (κ1) is 10.8. The summed E-state index contributed by atoms with van der Waals surface area (Å²) in [6, 6.07) is 4.78. The van der Waals surface area contributed by atoms with Crippen LogP contribution in [0.15, 0.2) is 24.5 Å². The summed E-state index contributed by atoms with van der Waals surface area (Å²) in [5.41, 5.74) is 1.90. The lowest BCUT2D eigenvalue weighted by Gasteiger charge is -2.11. The van der Waals surface area contributed by atoms with Gasteiger partial charge < -0.3 is 0 Å². The topological polar surface area (TPSA) is 30.7 Å². The number of aryl methyl sites for hydroxylation is 1. The Morgan fingerprint density at radius 3 is 2.62 bits per heavy atom. The van der Waals surface area contributed by atoms with Gasteiger partial charge in [0.25, 0.3) is 0 Å². The molecule has 0 saturated heterocycles. The molecule has 0 aliphatic rings. The molecule has 2 aromatic rings. The average molecular weight is 219 g/mol. The summed E-state index contributed by atoms with van der Waals surface area (Å²) in [6.07, 6.45) is 1.50. The number of hydrogen-bond donors (Lipinski definition) is 0. The fourth-order valence-electron chi connectivity index (χ4n) is 1.75. The van der Waals surface area contributed by atoms with E-state index in [1.54, 1.807) is 16.8 Å². The van der Waals surface area contributed by atoms with Crippen molar-refractivity contribution in [1.82, 2.24) is 14.8 Å². The third-order valence-electron chi connectivity index (χ3n) is 2.59. The predicted molar refractivity (Wildman–Crippen MR) is 60.5 cm³/mol. The summed E-state index contributed by atoms with van der Waals surface area (Å²) in [7, 11) is 1.83. The Morgan fingerprint density at radius 1 is 1.31 bits per heavy atom. The highest BCUT2D eigenvalue weighted by Crippen LogP contribution is 2.27. The van der Waals surface area contributed by atoms with E-state index in [1.807, 2.05) is 20.9 Å². The molecule has 2 rings (SSSR count). The van der Waals surface area contributed by atoms with Gasteiger partial charge in [-0.1, -0.05) is 13.8 Å². The van der Waals surface area contributed by atoms with Crippen LogP contribution >= 0.6 is 0 Å². The van der Waals surface area contributed by atoms with Crippen molar-refractivity contribution in [2.24, 2.45) is 7.05 Å². The first-order valence-corrected chi connectivity index (χ1v) is 5.23. The summed E-state index contributed by atoms with van der Waals surface area (Å²) in [5.74, 6) is 0.806. The van der Waals surface area contributed by atoms with Crippen LogP contribution in [0.5, 0.6) is 0 Å². The Labute approximate surface area is 93.9 Å². The van der Waals surface area contributed by atoms with Crippen molar-refractivity contribution in [3.05, 3.63) is 35.9 Å². The highest BCUT2D eigenvalue weighted by molar-refractivity contribution is 5.61. The van der Waals surface area contributed by atoms with E-state index in [1.165, 1.54) is 12.4 Å².